The van der Waals surface area contributed by atoms with Crippen molar-refractivity contribution in [1.29, 1.82) is 0 Å². The van der Waals surface area contributed by atoms with Gasteiger partial charge >= 0.3 is 6.03 Å². The zero-order valence-corrected chi connectivity index (χ0v) is 17.3. The van der Waals surface area contributed by atoms with Gasteiger partial charge in [0.05, 0.1) is 18.7 Å². The monoisotopic (exact) mass is 427 g/mol. The molecule has 0 unspecified atom stereocenters. The van der Waals surface area contributed by atoms with E-state index in [1.165, 1.54) is 17.0 Å². The van der Waals surface area contributed by atoms with Crippen LogP contribution in [0.25, 0.3) is 0 Å². The fourth-order valence-electron chi connectivity index (χ4n) is 3.22. The summed E-state index contributed by atoms with van der Waals surface area (Å²) >= 11 is 6.01. The summed E-state index contributed by atoms with van der Waals surface area (Å²) in [4.78, 5) is 40.8. The van der Waals surface area contributed by atoms with E-state index in [0.717, 1.165) is 4.90 Å². The van der Waals surface area contributed by atoms with Crippen molar-refractivity contribution < 1.29 is 19.1 Å². The second kappa shape index (κ2) is 9.45. The van der Waals surface area contributed by atoms with Crippen LogP contribution in [-0.2, 0) is 9.59 Å². The van der Waals surface area contributed by atoms with Gasteiger partial charge in [0.25, 0.3) is 5.91 Å². The molecule has 1 saturated heterocycles. The average molecular weight is 428 g/mol. The number of nitrogens with zero attached hydrogens (tertiary/aromatic N) is 2. The normalized spacial score (nSPS) is 16.0. The van der Waals surface area contributed by atoms with Crippen molar-refractivity contribution in [2.75, 3.05) is 23.4 Å². The first-order valence-corrected chi connectivity index (χ1v) is 9.86. The first-order chi connectivity index (χ1) is 14.4. The van der Waals surface area contributed by atoms with Crippen molar-refractivity contribution in [3.05, 3.63) is 66.2 Å². The van der Waals surface area contributed by atoms with Crippen LogP contribution in [0.15, 0.2) is 61.2 Å². The van der Waals surface area contributed by atoms with Crippen molar-refractivity contribution in [2.24, 2.45) is 0 Å². The molecule has 0 aliphatic carbocycles. The SMILES string of the molecule is C=CCN1C(=O)N(c2cccc(Cl)c2)C(=O)[C@H]1CC(=O)Nc1ccc(OCC)cc1. The van der Waals surface area contributed by atoms with Crippen molar-refractivity contribution >= 4 is 40.8 Å². The summed E-state index contributed by atoms with van der Waals surface area (Å²) in [6.45, 7) is 6.22. The van der Waals surface area contributed by atoms with Gasteiger partial charge in [-0.25, -0.2) is 9.69 Å². The number of carbonyl (C=O) groups is 3. The zero-order chi connectivity index (χ0) is 21.7. The van der Waals surface area contributed by atoms with Gasteiger partial charge in [-0.2, -0.15) is 0 Å². The third kappa shape index (κ3) is 4.63. The van der Waals surface area contributed by atoms with Crippen molar-refractivity contribution in [3.8, 4) is 5.75 Å². The van der Waals surface area contributed by atoms with E-state index in [0.29, 0.717) is 28.8 Å². The second-order valence-corrected chi connectivity index (χ2v) is 7.04. The number of hydrogen-bond acceptors (Lipinski definition) is 4. The Labute approximate surface area is 179 Å². The van der Waals surface area contributed by atoms with Crippen LogP contribution in [0.4, 0.5) is 16.2 Å². The largest absolute Gasteiger partial charge is 0.494 e. The molecular weight excluding hydrogens is 406 g/mol. The molecule has 0 saturated carbocycles. The van der Waals surface area contributed by atoms with E-state index >= 15 is 0 Å². The van der Waals surface area contributed by atoms with Gasteiger partial charge in [-0.1, -0.05) is 23.7 Å². The lowest BCUT2D eigenvalue weighted by Crippen LogP contribution is -2.38. The Morgan fingerprint density at radius 1 is 1.23 bits per heavy atom. The van der Waals surface area contributed by atoms with Gasteiger partial charge in [0.2, 0.25) is 5.91 Å². The molecule has 0 radical (unpaired) electrons. The quantitative estimate of drug-likeness (QED) is 0.508. The summed E-state index contributed by atoms with van der Waals surface area (Å²) in [5.74, 6) is -0.167. The van der Waals surface area contributed by atoms with E-state index in [4.69, 9.17) is 16.3 Å². The third-order valence-electron chi connectivity index (χ3n) is 4.54. The highest BCUT2D eigenvalue weighted by atomic mass is 35.5. The fraction of sp³-hybridized carbons (Fsp3) is 0.227. The van der Waals surface area contributed by atoms with Crippen molar-refractivity contribution in [3.63, 3.8) is 0 Å². The van der Waals surface area contributed by atoms with Crippen molar-refractivity contribution in [2.45, 2.75) is 19.4 Å². The topological polar surface area (TPSA) is 79.0 Å². The molecule has 3 rings (SSSR count). The highest BCUT2D eigenvalue weighted by Crippen LogP contribution is 2.29. The Balaban J connectivity index is 1.75. The molecule has 7 nitrogen and oxygen atoms in total. The number of hydrogen-bond donors (Lipinski definition) is 1. The number of amides is 4. The number of halogens is 1. The molecule has 1 atom stereocenters. The lowest BCUT2D eigenvalue weighted by Gasteiger charge is -2.19. The minimum absolute atomic E-state index is 0.142. The van der Waals surface area contributed by atoms with Gasteiger partial charge < -0.3 is 15.0 Å². The van der Waals surface area contributed by atoms with E-state index < -0.39 is 18.0 Å². The van der Waals surface area contributed by atoms with Crippen LogP contribution >= 0.6 is 11.6 Å². The molecule has 2 aromatic rings. The summed E-state index contributed by atoms with van der Waals surface area (Å²) < 4.78 is 5.38. The van der Waals surface area contributed by atoms with Crippen LogP contribution in [-0.4, -0.2) is 41.9 Å². The van der Waals surface area contributed by atoms with Gasteiger partial charge in [-0.3, -0.25) is 9.59 Å². The number of carbonyl (C=O) groups excluding carboxylic acids is 3. The Bertz CT molecular complexity index is 961. The smallest absolute Gasteiger partial charge is 0.332 e. The summed E-state index contributed by atoms with van der Waals surface area (Å²) in [6.07, 6.45) is 1.34. The maximum Gasteiger partial charge on any atom is 0.332 e. The van der Waals surface area contributed by atoms with Gasteiger partial charge in [0.15, 0.2) is 0 Å². The highest BCUT2D eigenvalue weighted by molar-refractivity contribution is 6.31. The van der Waals surface area contributed by atoms with E-state index in [2.05, 4.69) is 11.9 Å². The Hall–Kier alpha value is -3.32. The van der Waals surface area contributed by atoms with E-state index in [1.807, 2.05) is 6.92 Å². The number of imide groups is 1. The number of urea groups is 1. The lowest BCUT2D eigenvalue weighted by molar-refractivity contribution is -0.124. The summed E-state index contributed by atoms with van der Waals surface area (Å²) in [7, 11) is 0. The average Bonchev–Trinajstić information content (AvgIpc) is 2.94. The predicted molar refractivity (Wildman–Crippen MR) is 116 cm³/mol. The fourth-order valence-corrected chi connectivity index (χ4v) is 3.41. The first-order valence-electron chi connectivity index (χ1n) is 9.48. The summed E-state index contributed by atoms with van der Waals surface area (Å²) in [6, 6.07) is 11.9. The summed E-state index contributed by atoms with van der Waals surface area (Å²) in [5.41, 5.74) is 0.933. The minimum Gasteiger partial charge on any atom is -0.494 e. The minimum atomic E-state index is -0.933. The Morgan fingerprint density at radius 2 is 1.97 bits per heavy atom. The molecule has 0 bridgehead atoms. The van der Waals surface area contributed by atoms with Crippen molar-refractivity contribution in [1.82, 2.24) is 4.90 Å². The molecule has 1 N–H and O–H groups in total. The Kier molecular flexibility index (Phi) is 6.74. The van der Waals surface area contributed by atoms with Gasteiger partial charge in [-0.15, -0.1) is 6.58 Å². The second-order valence-electron chi connectivity index (χ2n) is 6.60. The molecule has 0 aromatic heterocycles. The number of nitrogens with one attached hydrogen (secondary N) is 1. The molecule has 30 heavy (non-hydrogen) atoms. The maximum atomic E-state index is 13.0. The number of ether oxygens (including phenoxy) is 1. The molecule has 2 aromatic carbocycles. The van der Waals surface area contributed by atoms with Crippen LogP contribution in [0.2, 0.25) is 5.02 Å². The lowest BCUT2D eigenvalue weighted by atomic mass is 10.1. The first kappa shape index (κ1) is 21.4. The Morgan fingerprint density at radius 3 is 2.60 bits per heavy atom. The standard InChI is InChI=1S/C22H22ClN3O4/c1-3-12-25-19(14-20(27)24-16-8-10-18(11-9-16)30-4-2)21(28)26(22(25)29)17-7-5-6-15(23)13-17/h3,5-11,13,19H,1,4,12,14H2,2H3,(H,24,27)/t19-/m1/s1. The number of rotatable bonds is 8. The molecule has 1 heterocycles. The molecule has 1 aliphatic heterocycles. The molecular formula is C22H22ClN3O4. The van der Waals surface area contributed by atoms with E-state index in [1.54, 1.807) is 42.5 Å². The van der Waals surface area contributed by atoms with E-state index in [9.17, 15) is 14.4 Å². The van der Waals surface area contributed by atoms with Gasteiger partial charge in [-0.05, 0) is 49.4 Å². The molecule has 8 heteroatoms. The van der Waals surface area contributed by atoms with Gasteiger partial charge in [0, 0.05) is 17.3 Å². The van der Waals surface area contributed by atoms with Crippen LogP contribution in [0.5, 0.6) is 5.75 Å². The maximum absolute atomic E-state index is 13.0. The third-order valence-corrected chi connectivity index (χ3v) is 4.77. The molecule has 1 fully saturated rings. The van der Waals surface area contributed by atoms with E-state index in [-0.39, 0.29) is 18.9 Å². The number of benzene rings is 2. The van der Waals surface area contributed by atoms with Gasteiger partial charge in [0.1, 0.15) is 11.8 Å². The summed E-state index contributed by atoms with van der Waals surface area (Å²) in [5, 5.41) is 3.15. The van der Waals surface area contributed by atoms with Crippen LogP contribution < -0.4 is 15.0 Å². The number of anilines is 2. The molecule has 1 aliphatic rings. The molecule has 156 valence electrons. The zero-order valence-electron chi connectivity index (χ0n) is 16.5. The molecule has 4 amide bonds. The van der Waals surface area contributed by atoms with Crippen LogP contribution in [0.3, 0.4) is 0 Å². The van der Waals surface area contributed by atoms with Crippen LogP contribution in [0.1, 0.15) is 13.3 Å². The predicted octanol–water partition coefficient (Wildman–Crippen LogP) is 4.09. The highest BCUT2D eigenvalue weighted by Gasteiger charge is 2.46. The molecule has 0 spiro atoms. The van der Waals surface area contributed by atoms with Crippen LogP contribution in [0, 0.1) is 0 Å².